The first-order valence-corrected chi connectivity index (χ1v) is 59.1. The zero-order chi connectivity index (χ0) is 104. The molecule has 0 saturated heterocycles. The molecule has 1 aromatic heterocycles. The van der Waals surface area contributed by atoms with Crippen molar-refractivity contribution in [2.75, 3.05) is 86.6 Å². The molecule has 0 radical (unpaired) electrons. The molecule has 1 aliphatic heterocycles. The van der Waals surface area contributed by atoms with E-state index in [2.05, 4.69) is 83.8 Å². The number of ketones is 2. The summed E-state index contributed by atoms with van der Waals surface area (Å²) in [6, 6.07) is 0. The van der Waals surface area contributed by atoms with Gasteiger partial charge in [0.2, 0.25) is 67.3 Å². The number of aromatic amines is 1. The minimum Gasteiger partial charge on any atom is -0.344 e. The fourth-order valence-corrected chi connectivity index (χ4v) is 13.7. The number of sulfonamides is 2. The Morgan fingerprint density at radius 1 is 0.465 bits per heavy atom. The number of carbonyl (C=O) groups excluding carboxylic acids is 10. The molecule has 0 aromatic carbocycles. The average molecular weight is 2060 g/mol. The molecular formula is C78H171N13O28P2S8. The number of hydrogen-bond donors (Lipinski definition) is 9. The number of rotatable bonds is 29. The minimum absolute atomic E-state index is 0. The molecule has 0 bridgehead atoms. The number of H-pyrrole nitrogens is 1. The van der Waals surface area contributed by atoms with Gasteiger partial charge in [0.25, 0.3) is 0 Å². The predicted octanol–water partition coefficient (Wildman–Crippen LogP) is 9.46. The Morgan fingerprint density at radius 2 is 0.822 bits per heavy atom. The molecule has 51 heteroatoms. The molecule has 9 N–H and O–H groups in total. The third-order valence-corrected chi connectivity index (χ3v) is 25.2. The number of Topliss-reactive ketones (excluding diaryl/α,β-unsaturated/α-hetero) is 2. The predicted molar refractivity (Wildman–Crippen MR) is 524 cm³/mol. The van der Waals surface area contributed by atoms with Crippen LogP contribution in [0.1, 0.15) is 261 Å². The molecule has 774 valence electrons. The van der Waals surface area contributed by atoms with Crippen molar-refractivity contribution in [1.82, 2.24) is 50.1 Å². The largest absolute Gasteiger partial charge is 0.344 e. The summed E-state index contributed by atoms with van der Waals surface area (Å²) in [5, 5.41) is 28.2. The Kier molecular flexibility index (Phi) is 96.5. The number of carbonyl (C=O) groups is 10. The van der Waals surface area contributed by atoms with E-state index in [0.717, 1.165) is 30.5 Å². The van der Waals surface area contributed by atoms with Gasteiger partial charge in [-0.05, 0) is 94.1 Å². The van der Waals surface area contributed by atoms with Gasteiger partial charge >= 0.3 is 0 Å². The Labute approximate surface area is 782 Å². The second kappa shape index (κ2) is 80.7. The lowest BCUT2D eigenvalue weighted by molar-refractivity contribution is -0.132. The molecule has 0 saturated carbocycles. The van der Waals surface area contributed by atoms with Crippen molar-refractivity contribution in [2.45, 2.75) is 278 Å². The molecule has 0 aliphatic carbocycles. The summed E-state index contributed by atoms with van der Waals surface area (Å²) < 4.78 is 177. The topological polar surface area (TPSA) is 648 Å². The summed E-state index contributed by atoms with van der Waals surface area (Å²) in [5.41, 5.74) is 0.998. The SMILES string of the molecule is C.C.CC(=O)CS(=O)(=O)C(C)C.CC(=O)CS(=O)(=O)CC(C)C.CC(=O)NC(=O)C(C)C.CC(=O)NC(=O)CC(C)C.CC(C)C(=O)NS(C)(=O)=O.CC(C)C(=O)NS(C)=O.CC(C)C1=NN=NC1.CC(C)CC(=O)NS(C)(=O)=O.CC(C)CC(=O)NS(C)=O.CC(C)CP(C)(=O)O.CC(C)CS(C)(=O)=O.CC(C)Cc1nn[nH]n1.CC(C)P(C)(=O)O.CC(C)S(C)(=O)=O. The van der Waals surface area contributed by atoms with Gasteiger partial charge in [0, 0.05) is 107 Å². The van der Waals surface area contributed by atoms with Gasteiger partial charge in [-0.3, -0.25) is 86.6 Å². The molecule has 129 heavy (non-hydrogen) atoms. The molecule has 2 rings (SSSR count). The van der Waals surface area contributed by atoms with Crippen LogP contribution in [0.5, 0.6) is 0 Å². The van der Waals surface area contributed by atoms with Crippen LogP contribution in [0.25, 0.3) is 0 Å². The van der Waals surface area contributed by atoms with Gasteiger partial charge in [0.05, 0.1) is 40.2 Å². The molecule has 41 nitrogen and oxygen atoms in total. The number of imide groups is 2. The van der Waals surface area contributed by atoms with E-state index in [1.54, 1.807) is 83.1 Å². The maximum atomic E-state index is 11.0. The highest BCUT2D eigenvalue weighted by Gasteiger charge is 2.20. The zero-order valence-electron chi connectivity index (χ0n) is 83.0. The van der Waals surface area contributed by atoms with Gasteiger partial charge < -0.3 is 9.79 Å². The van der Waals surface area contributed by atoms with Crippen LogP contribution in [0.2, 0.25) is 0 Å². The summed E-state index contributed by atoms with van der Waals surface area (Å²) >= 11 is 0. The summed E-state index contributed by atoms with van der Waals surface area (Å²) in [7, 11) is -26.4. The van der Waals surface area contributed by atoms with E-state index in [1.165, 1.54) is 66.0 Å². The third-order valence-electron chi connectivity index (χ3n) is 12.5. The molecule has 1 aliphatic rings. The van der Waals surface area contributed by atoms with Crippen LogP contribution in [-0.2, 0) is 145 Å². The molecular weight excluding hydrogens is 1890 g/mol. The summed E-state index contributed by atoms with van der Waals surface area (Å²) in [6.45, 7) is 60.0. The van der Waals surface area contributed by atoms with E-state index in [0.29, 0.717) is 60.9 Å². The van der Waals surface area contributed by atoms with Crippen LogP contribution in [0.3, 0.4) is 0 Å². The number of aromatic nitrogens is 4. The summed E-state index contributed by atoms with van der Waals surface area (Å²) in [4.78, 5) is 123. The maximum absolute atomic E-state index is 11.0. The van der Waals surface area contributed by atoms with Crippen molar-refractivity contribution in [3.8, 4) is 0 Å². The summed E-state index contributed by atoms with van der Waals surface area (Å²) in [6.07, 6.45) is 9.72. The van der Waals surface area contributed by atoms with Crippen molar-refractivity contribution in [2.24, 2.45) is 80.5 Å². The van der Waals surface area contributed by atoms with E-state index in [-0.39, 0.29) is 132 Å². The lowest BCUT2D eigenvalue weighted by atomic mass is 10.1. The van der Waals surface area contributed by atoms with Gasteiger partial charge in [-0.15, -0.1) is 15.3 Å². The van der Waals surface area contributed by atoms with Crippen LogP contribution >= 0.6 is 14.7 Å². The number of nitrogens with one attached hydrogen (secondary N) is 7. The van der Waals surface area contributed by atoms with Crippen LogP contribution in [-0.4, -0.2) is 257 Å². The molecule has 2 heterocycles. The van der Waals surface area contributed by atoms with E-state index >= 15 is 0 Å². The number of nitrogens with zero attached hydrogens (tertiary/aromatic N) is 6. The highest BCUT2D eigenvalue weighted by molar-refractivity contribution is 7.93. The Hall–Kier alpha value is -5.78. The second-order valence-corrected chi connectivity index (χ2v) is 54.7. The maximum Gasteiger partial charge on any atom is 0.235 e. The lowest BCUT2D eigenvalue weighted by Gasteiger charge is -2.06. The first kappa shape index (κ1) is 154. The molecule has 0 spiro atoms. The minimum atomic E-state index is -3.37. The third kappa shape index (κ3) is 148. The molecule has 8 amide bonds. The lowest BCUT2D eigenvalue weighted by Crippen LogP contribution is -2.32. The Morgan fingerprint density at radius 3 is 0.992 bits per heavy atom. The fourth-order valence-electron chi connectivity index (χ4n) is 6.45. The van der Waals surface area contributed by atoms with E-state index in [4.69, 9.17) is 9.79 Å². The monoisotopic (exact) mass is 2060 g/mol. The molecule has 1 aromatic rings. The number of hydrogen-bond acceptors (Lipinski definition) is 32. The average Bonchev–Trinajstić information content (AvgIpc) is 1.53. The van der Waals surface area contributed by atoms with Gasteiger partial charge in [-0.1, -0.05) is 186 Å². The zero-order valence-corrected chi connectivity index (χ0v) is 91.3. The highest BCUT2D eigenvalue weighted by atomic mass is 32.2. The quantitative estimate of drug-likeness (QED) is 0.0337. The van der Waals surface area contributed by atoms with Gasteiger partial charge in [-0.2, -0.15) is 10.3 Å². The van der Waals surface area contributed by atoms with Crippen molar-refractivity contribution >= 4 is 161 Å². The van der Waals surface area contributed by atoms with Crippen molar-refractivity contribution < 1.29 is 126 Å². The highest BCUT2D eigenvalue weighted by Crippen LogP contribution is 2.40. The second-order valence-electron chi connectivity index (χ2n) is 34.1. The van der Waals surface area contributed by atoms with E-state index in [9.17, 15) is 116 Å². The first-order valence-electron chi connectivity index (χ1n) is 40.2. The smallest absolute Gasteiger partial charge is 0.235 e. The first-order chi connectivity index (χ1) is 56.3. The van der Waals surface area contributed by atoms with Crippen molar-refractivity contribution in [3.63, 3.8) is 0 Å². The van der Waals surface area contributed by atoms with Crippen LogP contribution in [0, 0.1) is 65.1 Å². The van der Waals surface area contributed by atoms with Gasteiger partial charge in [0.15, 0.2) is 40.2 Å². The molecule has 4 unspecified atom stereocenters. The van der Waals surface area contributed by atoms with Crippen molar-refractivity contribution in [3.05, 3.63) is 5.82 Å². The van der Waals surface area contributed by atoms with Gasteiger partial charge in [0.1, 0.15) is 71.3 Å². The number of tetrazole rings is 1. The van der Waals surface area contributed by atoms with Crippen molar-refractivity contribution in [1.29, 1.82) is 0 Å². The standard InChI is InChI=1S/C7H13NO2.C7H14O3S.C6H13NO3S.C6H13NO2S.C6H11NO2.C6H12O3S.C5H10N4.C5H9N3.C5H11NO3S.C5H11NO2S.C5H13O2P.C5H12O2S.C4H11O2P.C4H10O2S.2CH4/c1-5(2)4-7(10)8-6(3)9;1-6(2)4-11(9,10)5-7(3)8;1-5(2)4-6(8)7-11(3,9)10;1-5(2)4-6(8)7-10(3)9;1-4(2)6(9)7-5(3)8;1-5(2)10(8,9)4-6(3)7;1-4(2)3-5-6-8-9-7-5;1-4(2)5-3-6-8-7-5;1-4(2)5(7)6-10(3,8)9;1-4(2)5(7)6-9(3)8;2*1-5(2)4-8(3,6)7;2*1-4(2)7(3,5)6;;/h5H,4H2,1-3H3,(H,8,9,10);6H,4-5H2,1-3H3;5H,4H2,1-3H3,(H,7,8);5H,4H2,1-3H3,(H,7,8);4H,1-3H3,(H,7,8,9);5H,4H2,1-3H3;4H,3H2,1-2H3,(H,6,7,8,9);4H,3H2,1-2H3;4H,1-3H3,(H,6,7);4H,1-3H3,(H,6,7);5H,4H2,1-3H3,(H,6,7);5H,4H2,1-3H3;4H,1-3H3,(H,5,6);4H,1-3H3;2*1H4. The van der Waals surface area contributed by atoms with Gasteiger partial charge in [-0.25, -0.2) is 58.9 Å². The molecule has 4 atom stereocenters. The number of amides is 8. The summed E-state index contributed by atoms with van der Waals surface area (Å²) in [5.74, 6) is -0.162. The normalized spacial score (nSPS) is 12.7. The van der Waals surface area contributed by atoms with Crippen LogP contribution in [0.15, 0.2) is 15.4 Å². The van der Waals surface area contributed by atoms with Crippen LogP contribution < -0.4 is 29.5 Å². The Bertz CT molecular complexity index is 4190. The molecule has 0 fully saturated rings. The van der Waals surface area contributed by atoms with E-state index < -0.39 is 113 Å². The fraction of sp³-hybridized carbons (Fsp3) is 0.846. The van der Waals surface area contributed by atoms with Crippen LogP contribution in [0.4, 0.5) is 0 Å². The Balaban J connectivity index is -0.0000000921. The number of sulfone groups is 4. The van der Waals surface area contributed by atoms with E-state index in [1.807, 2.05) is 92.5 Å².